The summed E-state index contributed by atoms with van der Waals surface area (Å²) >= 11 is 0. The molecular weight excluding hydrogens is 260 g/mol. The fourth-order valence-electron chi connectivity index (χ4n) is 3.15. The minimum Gasteiger partial charge on any atom is -0.396 e. The Kier molecular flexibility index (Phi) is 12.3. The molecule has 1 N–H and O–H groups in total. The van der Waals surface area contributed by atoms with Crippen LogP contribution < -0.4 is 0 Å². The zero-order chi connectivity index (χ0) is 15.2. The Hall–Kier alpha value is -0.0800. The van der Waals surface area contributed by atoms with Crippen molar-refractivity contribution in [2.45, 2.75) is 115 Å². The topological polar surface area (TPSA) is 32.8 Å². The van der Waals surface area contributed by atoms with Gasteiger partial charge in [0.15, 0.2) is 0 Å². The van der Waals surface area contributed by atoms with Gasteiger partial charge >= 0.3 is 0 Å². The fourth-order valence-corrected chi connectivity index (χ4v) is 3.15. The molecule has 21 heavy (non-hydrogen) atoms. The van der Waals surface area contributed by atoms with E-state index in [0.717, 1.165) is 19.3 Å². The highest BCUT2D eigenvalue weighted by molar-refractivity contribution is 4.84. The molecule has 2 atom stereocenters. The predicted molar refractivity (Wildman–Crippen MR) is 90.7 cm³/mol. The SMILES string of the molecule is CCCCCCCCCCCCCC1OC1CCCCO. The molecule has 0 amide bonds. The maximum atomic E-state index is 8.74. The number of epoxide rings is 1. The first-order chi connectivity index (χ1) is 10.4. The van der Waals surface area contributed by atoms with Crippen molar-refractivity contribution in [1.29, 1.82) is 0 Å². The summed E-state index contributed by atoms with van der Waals surface area (Å²) in [6, 6.07) is 0. The molecule has 1 aliphatic rings. The van der Waals surface area contributed by atoms with Gasteiger partial charge < -0.3 is 9.84 Å². The number of aliphatic hydroxyl groups is 1. The van der Waals surface area contributed by atoms with Gasteiger partial charge in [0.05, 0.1) is 12.2 Å². The van der Waals surface area contributed by atoms with E-state index in [0.29, 0.717) is 18.8 Å². The van der Waals surface area contributed by atoms with E-state index >= 15 is 0 Å². The van der Waals surface area contributed by atoms with E-state index in [1.54, 1.807) is 0 Å². The summed E-state index contributed by atoms with van der Waals surface area (Å²) in [7, 11) is 0. The summed E-state index contributed by atoms with van der Waals surface area (Å²) in [4.78, 5) is 0. The molecule has 0 aromatic rings. The molecule has 2 unspecified atom stereocenters. The maximum Gasteiger partial charge on any atom is 0.0841 e. The highest BCUT2D eigenvalue weighted by Gasteiger charge is 2.36. The van der Waals surface area contributed by atoms with Gasteiger partial charge in [0, 0.05) is 6.61 Å². The van der Waals surface area contributed by atoms with Crippen LogP contribution in [-0.4, -0.2) is 23.9 Å². The van der Waals surface area contributed by atoms with Crippen LogP contribution in [0.1, 0.15) is 103 Å². The minimum atomic E-state index is 0.329. The summed E-state index contributed by atoms with van der Waals surface area (Å²) in [6.45, 7) is 2.61. The van der Waals surface area contributed by atoms with Gasteiger partial charge in [0.1, 0.15) is 0 Å². The lowest BCUT2D eigenvalue weighted by atomic mass is 10.0. The van der Waals surface area contributed by atoms with Crippen LogP contribution in [0.4, 0.5) is 0 Å². The molecule has 0 aliphatic carbocycles. The summed E-state index contributed by atoms with van der Waals surface area (Å²) in [6.07, 6.45) is 21.1. The van der Waals surface area contributed by atoms with Gasteiger partial charge in [0.2, 0.25) is 0 Å². The first kappa shape index (κ1) is 19.0. The first-order valence-corrected chi connectivity index (χ1v) is 9.64. The molecule has 0 radical (unpaired) electrons. The van der Waals surface area contributed by atoms with Gasteiger partial charge in [-0.3, -0.25) is 0 Å². The Morgan fingerprint density at radius 1 is 0.619 bits per heavy atom. The smallest absolute Gasteiger partial charge is 0.0841 e. The molecule has 0 spiro atoms. The lowest BCUT2D eigenvalue weighted by Crippen LogP contribution is -1.95. The van der Waals surface area contributed by atoms with Crippen molar-refractivity contribution in [3.63, 3.8) is 0 Å². The van der Waals surface area contributed by atoms with Gasteiger partial charge in [-0.2, -0.15) is 0 Å². The summed E-state index contributed by atoms with van der Waals surface area (Å²) in [5.41, 5.74) is 0. The minimum absolute atomic E-state index is 0.329. The monoisotopic (exact) mass is 298 g/mol. The normalized spacial score (nSPS) is 20.9. The fraction of sp³-hybridized carbons (Fsp3) is 1.00. The van der Waals surface area contributed by atoms with Gasteiger partial charge in [-0.1, -0.05) is 77.6 Å². The van der Waals surface area contributed by atoms with Crippen molar-refractivity contribution < 1.29 is 9.84 Å². The number of rotatable bonds is 16. The van der Waals surface area contributed by atoms with Gasteiger partial charge in [-0.15, -0.1) is 0 Å². The Balaban J connectivity index is 1.70. The second-order valence-corrected chi connectivity index (χ2v) is 6.76. The Labute approximate surface area is 132 Å². The third kappa shape index (κ3) is 11.2. The Morgan fingerprint density at radius 3 is 1.52 bits per heavy atom. The van der Waals surface area contributed by atoms with E-state index in [9.17, 15) is 0 Å². The van der Waals surface area contributed by atoms with Crippen molar-refractivity contribution in [3.8, 4) is 0 Å². The number of ether oxygens (including phenoxy) is 1. The molecule has 0 aromatic heterocycles. The molecule has 1 rings (SSSR count). The zero-order valence-corrected chi connectivity index (χ0v) is 14.3. The van der Waals surface area contributed by atoms with Gasteiger partial charge in [0.25, 0.3) is 0 Å². The molecule has 2 heteroatoms. The number of hydrogen-bond acceptors (Lipinski definition) is 2. The predicted octanol–water partition coefficient (Wildman–Crippen LogP) is 5.62. The van der Waals surface area contributed by atoms with Crippen LogP contribution in [0, 0.1) is 0 Å². The van der Waals surface area contributed by atoms with Crippen molar-refractivity contribution in [2.24, 2.45) is 0 Å². The van der Waals surface area contributed by atoms with Crippen molar-refractivity contribution >= 4 is 0 Å². The third-order valence-electron chi connectivity index (χ3n) is 4.68. The van der Waals surface area contributed by atoms with Crippen LogP contribution >= 0.6 is 0 Å². The highest BCUT2D eigenvalue weighted by atomic mass is 16.6. The van der Waals surface area contributed by atoms with Crippen molar-refractivity contribution in [3.05, 3.63) is 0 Å². The molecule has 0 saturated carbocycles. The van der Waals surface area contributed by atoms with Crippen molar-refractivity contribution in [1.82, 2.24) is 0 Å². The van der Waals surface area contributed by atoms with Crippen LogP contribution in [0.2, 0.25) is 0 Å². The second-order valence-electron chi connectivity index (χ2n) is 6.76. The average molecular weight is 299 g/mol. The standard InChI is InChI=1S/C19H38O2/c1-2-3-4-5-6-7-8-9-10-11-12-15-18-19(21-18)16-13-14-17-20/h18-20H,2-17H2,1H3. The summed E-state index contributed by atoms with van der Waals surface area (Å²) < 4.78 is 5.67. The molecule has 1 fully saturated rings. The zero-order valence-electron chi connectivity index (χ0n) is 14.3. The Morgan fingerprint density at radius 2 is 1.05 bits per heavy atom. The van der Waals surface area contributed by atoms with Crippen LogP contribution in [0.3, 0.4) is 0 Å². The number of unbranched alkanes of at least 4 members (excludes halogenated alkanes) is 11. The third-order valence-corrected chi connectivity index (χ3v) is 4.68. The van der Waals surface area contributed by atoms with E-state index in [-0.39, 0.29) is 0 Å². The first-order valence-electron chi connectivity index (χ1n) is 9.64. The average Bonchev–Trinajstić information content (AvgIpc) is 3.23. The van der Waals surface area contributed by atoms with Crippen LogP contribution in [0.25, 0.3) is 0 Å². The lowest BCUT2D eigenvalue weighted by molar-refractivity contribution is 0.278. The number of hydrogen-bond donors (Lipinski definition) is 1. The molecule has 0 aromatic carbocycles. The van der Waals surface area contributed by atoms with E-state index in [1.165, 1.54) is 77.0 Å². The number of aliphatic hydroxyl groups excluding tert-OH is 1. The van der Waals surface area contributed by atoms with Crippen LogP contribution in [0.5, 0.6) is 0 Å². The van der Waals surface area contributed by atoms with Gasteiger partial charge in [-0.25, -0.2) is 0 Å². The Bertz CT molecular complexity index is 218. The second kappa shape index (κ2) is 13.6. The van der Waals surface area contributed by atoms with Crippen LogP contribution in [-0.2, 0) is 4.74 Å². The van der Waals surface area contributed by atoms with Crippen molar-refractivity contribution in [2.75, 3.05) is 6.61 Å². The quantitative estimate of drug-likeness (QED) is 0.296. The molecule has 1 aliphatic heterocycles. The van der Waals surface area contributed by atoms with E-state index in [2.05, 4.69) is 6.92 Å². The summed E-state index contributed by atoms with van der Waals surface area (Å²) in [5, 5.41) is 8.74. The van der Waals surface area contributed by atoms with E-state index < -0.39 is 0 Å². The maximum absolute atomic E-state index is 8.74. The van der Waals surface area contributed by atoms with E-state index in [1.807, 2.05) is 0 Å². The molecule has 1 saturated heterocycles. The summed E-state index contributed by atoms with van der Waals surface area (Å²) in [5.74, 6) is 0. The largest absolute Gasteiger partial charge is 0.396 e. The molecule has 126 valence electrons. The van der Waals surface area contributed by atoms with Gasteiger partial charge in [-0.05, 0) is 25.7 Å². The molecule has 2 nitrogen and oxygen atoms in total. The lowest BCUT2D eigenvalue weighted by Gasteiger charge is -2.02. The highest BCUT2D eigenvalue weighted by Crippen LogP contribution is 2.31. The molecule has 0 bridgehead atoms. The molecule has 1 heterocycles. The van der Waals surface area contributed by atoms with Crippen LogP contribution in [0.15, 0.2) is 0 Å². The molecular formula is C19H38O2. The van der Waals surface area contributed by atoms with E-state index in [4.69, 9.17) is 9.84 Å².